The largest absolute Gasteiger partial charge is 0.400 e. The van der Waals surface area contributed by atoms with Gasteiger partial charge in [0.25, 0.3) is 0 Å². The number of rotatable bonds is 5. The van der Waals surface area contributed by atoms with Crippen molar-refractivity contribution in [3.05, 3.63) is 23.5 Å². The van der Waals surface area contributed by atoms with Crippen molar-refractivity contribution in [1.82, 2.24) is 0 Å². The first kappa shape index (κ1) is 10.2. The van der Waals surface area contributed by atoms with E-state index >= 15 is 0 Å². The van der Waals surface area contributed by atoms with Crippen molar-refractivity contribution in [3.63, 3.8) is 0 Å². The maximum absolute atomic E-state index is 5.83. The molecular formula is C11H20N2. The zero-order valence-corrected chi connectivity index (χ0v) is 8.42. The third-order valence-electron chi connectivity index (χ3n) is 2.61. The Labute approximate surface area is 80.7 Å². The van der Waals surface area contributed by atoms with Crippen LogP contribution in [0.2, 0.25) is 0 Å². The summed E-state index contributed by atoms with van der Waals surface area (Å²) >= 11 is 0. The number of unbranched alkanes of at least 4 members (excludes halogenated alkanes) is 3. The van der Waals surface area contributed by atoms with Crippen molar-refractivity contribution in [2.75, 3.05) is 0 Å². The van der Waals surface area contributed by atoms with E-state index in [2.05, 4.69) is 13.0 Å². The van der Waals surface area contributed by atoms with Gasteiger partial charge in [0.1, 0.15) is 0 Å². The molecule has 0 fully saturated rings. The minimum atomic E-state index is 0.414. The van der Waals surface area contributed by atoms with E-state index in [1.807, 2.05) is 6.08 Å². The third kappa shape index (κ3) is 2.79. The highest BCUT2D eigenvalue weighted by Crippen LogP contribution is 2.23. The molecule has 0 aromatic heterocycles. The van der Waals surface area contributed by atoms with Crippen LogP contribution in [-0.2, 0) is 0 Å². The zero-order chi connectivity index (χ0) is 9.68. The summed E-state index contributed by atoms with van der Waals surface area (Å²) in [6, 6.07) is 0. The monoisotopic (exact) mass is 180 g/mol. The average Bonchev–Trinajstić information content (AvgIpc) is 2.43. The molecule has 2 nitrogen and oxygen atoms in total. The Kier molecular flexibility index (Phi) is 3.87. The lowest BCUT2D eigenvalue weighted by Crippen LogP contribution is -2.11. The molecule has 0 unspecified atom stereocenters. The molecule has 1 aliphatic carbocycles. The van der Waals surface area contributed by atoms with E-state index in [1.165, 1.54) is 25.7 Å². The fourth-order valence-corrected chi connectivity index (χ4v) is 1.68. The maximum atomic E-state index is 5.83. The lowest BCUT2D eigenvalue weighted by Gasteiger charge is -2.09. The van der Waals surface area contributed by atoms with Crippen LogP contribution in [0.5, 0.6) is 0 Å². The van der Waals surface area contributed by atoms with Crippen LogP contribution in [-0.4, -0.2) is 0 Å². The Morgan fingerprint density at radius 2 is 2.00 bits per heavy atom. The minimum Gasteiger partial charge on any atom is -0.400 e. The summed E-state index contributed by atoms with van der Waals surface area (Å²) in [5, 5.41) is 0. The van der Waals surface area contributed by atoms with Crippen molar-refractivity contribution in [2.45, 2.75) is 39.0 Å². The highest BCUT2D eigenvalue weighted by atomic mass is 14.7. The van der Waals surface area contributed by atoms with Crippen LogP contribution >= 0.6 is 0 Å². The van der Waals surface area contributed by atoms with E-state index in [0.717, 1.165) is 17.8 Å². The lowest BCUT2D eigenvalue weighted by molar-refractivity contribution is 0.575. The van der Waals surface area contributed by atoms with Crippen LogP contribution in [0.1, 0.15) is 39.0 Å². The molecule has 0 radical (unpaired) electrons. The first-order chi connectivity index (χ1) is 6.25. The highest BCUT2D eigenvalue weighted by molar-refractivity contribution is 5.32. The third-order valence-corrected chi connectivity index (χ3v) is 2.61. The molecule has 1 rings (SSSR count). The smallest absolute Gasteiger partial charge is 0.0508 e. The molecule has 0 spiro atoms. The fraction of sp³-hybridized carbons (Fsp3) is 0.636. The molecule has 0 aromatic rings. The summed E-state index contributed by atoms with van der Waals surface area (Å²) in [4.78, 5) is 0. The second-order valence-corrected chi connectivity index (χ2v) is 3.73. The van der Waals surface area contributed by atoms with Gasteiger partial charge in [0.05, 0.1) is 5.70 Å². The van der Waals surface area contributed by atoms with Crippen LogP contribution < -0.4 is 11.5 Å². The first-order valence-electron chi connectivity index (χ1n) is 5.19. The lowest BCUT2D eigenvalue weighted by atomic mass is 10.00. The summed E-state index contributed by atoms with van der Waals surface area (Å²) in [5.41, 5.74) is 13.1. The van der Waals surface area contributed by atoms with E-state index in [4.69, 9.17) is 11.5 Å². The van der Waals surface area contributed by atoms with E-state index in [0.29, 0.717) is 5.92 Å². The fourth-order valence-electron chi connectivity index (χ4n) is 1.68. The van der Waals surface area contributed by atoms with Crippen LogP contribution in [0.3, 0.4) is 0 Å². The Morgan fingerprint density at radius 1 is 1.23 bits per heavy atom. The zero-order valence-electron chi connectivity index (χ0n) is 8.42. The molecule has 0 aliphatic heterocycles. The molecule has 4 N–H and O–H groups in total. The van der Waals surface area contributed by atoms with Crippen LogP contribution in [0.25, 0.3) is 0 Å². The molecule has 1 atom stereocenters. The van der Waals surface area contributed by atoms with Gasteiger partial charge in [-0.25, -0.2) is 0 Å². The Balaban J connectivity index is 2.20. The van der Waals surface area contributed by atoms with Gasteiger partial charge in [-0.1, -0.05) is 38.7 Å². The summed E-state index contributed by atoms with van der Waals surface area (Å²) < 4.78 is 0. The Bertz CT molecular complexity index is 216. The van der Waals surface area contributed by atoms with Gasteiger partial charge in [0.2, 0.25) is 0 Å². The predicted octanol–water partition coefficient (Wildman–Crippen LogP) is 2.27. The molecular weight excluding hydrogens is 160 g/mol. The van der Waals surface area contributed by atoms with E-state index < -0.39 is 0 Å². The highest BCUT2D eigenvalue weighted by Gasteiger charge is 2.14. The number of hydrogen-bond acceptors (Lipinski definition) is 2. The topological polar surface area (TPSA) is 52.0 Å². The van der Waals surface area contributed by atoms with Gasteiger partial charge in [-0.2, -0.15) is 0 Å². The van der Waals surface area contributed by atoms with Crippen LogP contribution in [0.15, 0.2) is 23.5 Å². The SMILES string of the molecule is CCCCCC[C@@H]1C=CC(N)=C1N. The van der Waals surface area contributed by atoms with Crippen LogP contribution in [0, 0.1) is 5.92 Å². The van der Waals surface area contributed by atoms with Crippen molar-refractivity contribution in [2.24, 2.45) is 17.4 Å². The molecule has 0 bridgehead atoms. The summed E-state index contributed by atoms with van der Waals surface area (Å²) in [5.74, 6) is 0.414. The first-order valence-corrected chi connectivity index (χ1v) is 5.19. The summed E-state index contributed by atoms with van der Waals surface area (Å²) in [6.07, 6.45) is 10.4. The van der Waals surface area contributed by atoms with E-state index in [1.54, 1.807) is 0 Å². The Hall–Kier alpha value is -0.920. The van der Waals surface area contributed by atoms with E-state index in [9.17, 15) is 0 Å². The van der Waals surface area contributed by atoms with Gasteiger partial charge in [-0.05, 0) is 12.5 Å². The molecule has 0 aromatic carbocycles. The normalized spacial score (nSPS) is 21.5. The minimum absolute atomic E-state index is 0.414. The van der Waals surface area contributed by atoms with Gasteiger partial charge in [-0.3, -0.25) is 0 Å². The van der Waals surface area contributed by atoms with Gasteiger partial charge in [0, 0.05) is 11.6 Å². The van der Waals surface area contributed by atoms with Gasteiger partial charge in [-0.15, -0.1) is 0 Å². The standard InChI is InChI=1S/C11H20N2/c1-2-3-4-5-6-9-7-8-10(12)11(9)13/h7-9H,2-6,12-13H2,1H3/t9-/m1/s1. The molecule has 0 amide bonds. The van der Waals surface area contributed by atoms with Crippen molar-refractivity contribution in [3.8, 4) is 0 Å². The summed E-state index contributed by atoms with van der Waals surface area (Å²) in [7, 11) is 0. The molecule has 1 aliphatic rings. The molecule has 0 heterocycles. The predicted molar refractivity (Wildman–Crippen MR) is 56.8 cm³/mol. The number of hydrogen-bond donors (Lipinski definition) is 2. The van der Waals surface area contributed by atoms with Gasteiger partial charge < -0.3 is 11.5 Å². The molecule has 74 valence electrons. The molecule has 2 heteroatoms. The molecule has 0 saturated carbocycles. The van der Waals surface area contributed by atoms with E-state index in [-0.39, 0.29) is 0 Å². The summed E-state index contributed by atoms with van der Waals surface area (Å²) in [6.45, 7) is 2.22. The van der Waals surface area contributed by atoms with Gasteiger partial charge >= 0.3 is 0 Å². The second kappa shape index (κ2) is 4.95. The molecule has 0 saturated heterocycles. The number of nitrogens with two attached hydrogens (primary N) is 2. The van der Waals surface area contributed by atoms with Crippen molar-refractivity contribution in [1.29, 1.82) is 0 Å². The van der Waals surface area contributed by atoms with Crippen molar-refractivity contribution < 1.29 is 0 Å². The maximum Gasteiger partial charge on any atom is 0.0508 e. The average molecular weight is 180 g/mol. The van der Waals surface area contributed by atoms with Gasteiger partial charge in [0.15, 0.2) is 0 Å². The Morgan fingerprint density at radius 3 is 2.54 bits per heavy atom. The molecule has 13 heavy (non-hydrogen) atoms. The number of allylic oxidation sites excluding steroid dienone is 2. The van der Waals surface area contributed by atoms with Crippen molar-refractivity contribution >= 4 is 0 Å². The van der Waals surface area contributed by atoms with Crippen LogP contribution in [0.4, 0.5) is 0 Å². The quantitative estimate of drug-likeness (QED) is 0.638. The second-order valence-electron chi connectivity index (χ2n) is 3.73.